The highest BCUT2D eigenvalue weighted by atomic mass is 14.9. The highest BCUT2D eigenvalue weighted by molar-refractivity contribution is 5.30. The average Bonchev–Trinajstić information content (AvgIpc) is 2.29. The Morgan fingerprint density at radius 2 is 2.40 bits per heavy atom. The van der Waals surface area contributed by atoms with Crippen LogP contribution in [0.15, 0.2) is 18.3 Å². The van der Waals surface area contributed by atoms with Gasteiger partial charge in [-0.25, -0.2) is 4.98 Å². The van der Waals surface area contributed by atoms with Crippen molar-refractivity contribution >= 4 is 0 Å². The zero-order chi connectivity index (χ0) is 10.9. The molecule has 0 amide bonds. The van der Waals surface area contributed by atoms with Gasteiger partial charge in [-0.3, -0.25) is 0 Å². The standard InChI is InChI=1S/C12H13N3/c1-2-3-4-7-14-10-11-6-5-8-15-12(11)9-13/h1,5-6,8,14H,3-4,7,10H2. The van der Waals surface area contributed by atoms with E-state index in [1.165, 1.54) is 0 Å². The highest BCUT2D eigenvalue weighted by Crippen LogP contribution is 2.02. The summed E-state index contributed by atoms with van der Waals surface area (Å²) in [4.78, 5) is 3.98. The molecule has 1 aromatic rings. The maximum atomic E-state index is 8.79. The van der Waals surface area contributed by atoms with Gasteiger partial charge in [-0.15, -0.1) is 12.3 Å². The van der Waals surface area contributed by atoms with E-state index in [2.05, 4.69) is 22.3 Å². The van der Waals surface area contributed by atoms with Crippen LogP contribution in [-0.4, -0.2) is 11.5 Å². The normalized spacial score (nSPS) is 9.20. The minimum absolute atomic E-state index is 0.488. The second kappa shape index (κ2) is 6.59. The summed E-state index contributed by atoms with van der Waals surface area (Å²) >= 11 is 0. The van der Waals surface area contributed by atoms with E-state index in [0.717, 1.165) is 24.9 Å². The number of aromatic nitrogens is 1. The fourth-order valence-electron chi connectivity index (χ4n) is 1.22. The lowest BCUT2D eigenvalue weighted by Crippen LogP contribution is -2.15. The fourth-order valence-corrected chi connectivity index (χ4v) is 1.22. The molecule has 0 unspecified atom stereocenters. The summed E-state index contributed by atoms with van der Waals surface area (Å²) in [5.41, 5.74) is 1.42. The summed E-state index contributed by atoms with van der Waals surface area (Å²) in [6, 6.07) is 5.80. The Hall–Kier alpha value is -1.84. The largest absolute Gasteiger partial charge is 0.313 e. The third kappa shape index (κ3) is 3.81. The number of unbranched alkanes of at least 4 members (excludes halogenated alkanes) is 1. The quantitative estimate of drug-likeness (QED) is 0.577. The highest BCUT2D eigenvalue weighted by Gasteiger charge is 2.00. The topological polar surface area (TPSA) is 48.7 Å². The molecule has 0 radical (unpaired) electrons. The predicted molar refractivity (Wildman–Crippen MR) is 58.7 cm³/mol. The first-order chi connectivity index (χ1) is 7.38. The minimum Gasteiger partial charge on any atom is -0.313 e. The molecule has 0 saturated carbocycles. The van der Waals surface area contributed by atoms with Gasteiger partial charge in [0.1, 0.15) is 11.8 Å². The number of nitrogens with zero attached hydrogens (tertiary/aromatic N) is 2. The molecule has 76 valence electrons. The molecule has 15 heavy (non-hydrogen) atoms. The molecule has 0 atom stereocenters. The first kappa shape index (κ1) is 11.2. The first-order valence-corrected chi connectivity index (χ1v) is 4.86. The zero-order valence-electron chi connectivity index (χ0n) is 8.53. The lowest BCUT2D eigenvalue weighted by Gasteiger charge is -2.04. The van der Waals surface area contributed by atoms with E-state index in [1.807, 2.05) is 12.1 Å². The molecule has 0 saturated heterocycles. The van der Waals surface area contributed by atoms with Crippen LogP contribution in [-0.2, 0) is 6.54 Å². The molecule has 0 bridgehead atoms. The molecule has 1 rings (SSSR count). The van der Waals surface area contributed by atoms with E-state index >= 15 is 0 Å². The number of hydrogen-bond donors (Lipinski definition) is 1. The van der Waals surface area contributed by atoms with E-state index in [4.69, 9.17) is 11.7 Å². The number of pyridine rings is 1. The van der Waals surface area contributed by atoms with Crippen molar-refractivity contribution in [1.82, 2.24) is 10.3 Å². The Morgan fingerprint density at radius 1 is 1.53 bits per heavy atom. The minimum atomic E-state index is 0.488. The lowest BCUT2D eigenvalue weighted by atomic mass is 10.2. The summed E-state index contributed by atoms with van der Waals surface area (Å²) in [6.45, 7) is 1.53. The van der Waals surface area contributed by atoms with Crippen LogP contribution in [0.5, 0.6) is 0 Å². The van der Waals surface area contributed by atoms with Crippen LogP contribution < -0.4 is 5.32 Å². The fraction of sp³-hybridized carbons (Fsp3) is 0.333. The van der Waals surface area contributed by atoms with Crippen LogP contribution in [0.4, 0.5) is 0 Å². The molecule has 0 aromatic carbocycles. The monoisotopic (exact) mass is 199 g/mol. The van der Waals surface area contributed by atoms with E-state index in [0.29, 0.717) is 12.2 Å². The van der Waals surface area contributed by atoms with Gasteiger partial charge in [-0.1, -0.05) is 6.07 Å². The van der Waals surface area contributed by atoms with Gasteiger partial charge < -0.3 is 5.32 Å². The van der Waals surface area contributed by atoms with E-state index < -0.39 is 0 Å². The van der Waals surface area contributed by atoms with Crippen LogP contribution in [0, 0.1) is 23.7 Å². The molecule has 1 heterocycles. The van der Waals surface area contributed by atoms with E-state index in [9.17, 15) is 0 Å². The van der Waals surface area contributed by atoms with Gasteiger partial charge in [0.05, 0.1) is 0 Å². The van der Waals surface area contributed by atoms with Gasteiger partial charge in [-0.2, -0.15) is 5.26 Å². The van der Waals surface area contributed by atoms with Gasteiger partial charge in [0.2, 0.25) is 0 Å². The van der Waals surface area contributed by atoms with Crippen molar-refractivity contribution in [3.05, 3.63) is 29.6 Å². The molecule has 3 heteroatoms. The summed E-state index contributed by atoms with van der Waals surface area (Å²) in [7, 11) is 0. The Balaban J connectivity index is 2.38. The summed E-state index contributed by atoms with van der Waals surface area (Å²) in [6.07, 6.45) is 8.50. The first-order valence-electron chi connectivity index (χ1n) is 4.86. The van der Waals surface area contributed by atoms with Gasteiger partial charge in [0, 0.05) is 24.7 Å². The molecule has 0 aliphatic rings. The van der Waals surface area contributed by atoms with E-state index in [-0.39, 0.29) is 0 Å². The molecule has 3 nitrogen and oxygen atoms in total. The number of nitriles is 1. The lowest BCUT2D eigenvalue weighted by molar-refractivity contribution is 0.657. The van der Waals surface area contributed by atoms with E-state index in [1.54, 1.807) is 6.20 Å². The average molecular weight is 199 g/mol. The van der Waals surface area contributed by atoms with Crippen molar-refractivity contribution in [2.45, 2.75) is 19.4 Å². The van der Waals surface area contributed by atoms with Crippen LogP contribution in [0.1, 0.15) is 24.1 Å². The molecule has 1 N–H and O–H groups in total. The molecule has 0 fully saturated rings. The summed E-state index contributed by atoms with van der Waals surface area (Å²) in [5, 5.41) is 12.0. The predicted octanol–water partition coefficient (Wildman–Crippen LogP) is 1.46. The van der Waals surface area contributed by atoms with Crippen molar-refractivity contribution in [3.8, 4) is 18.4 Å². The molecule has 0 aliphatic heterocycles. The molecular weight excluding hydrogens is 186 g/mol. The second-order valence-electron chi connectivity index (χ2n) is 3.11. The number of terminal acetylenes is 1. The number of nitrogens with one attached hydrogen (secondary N) is 1. The van der Waals surface area contributed by atoms with Crippen molar-refractivity contribution in [3.63, 3.8) is 0 Å². The van der Waals surface area contributed by atoms with Crippen molar-refractivity contribution in [1.29, 1.82) is 5.26 Å². The van der Waals surface area contributed by atoms with Gasteiger partial charge in [0.15, 0.2) is 0 Å². The Labute approximate surface area is 90.1 Å². The Kier molecular flexibility index (Phi) is 4.94. The Bertz CT molecular complexity index is 385. The maximum Gasteiger partial charge on any atom is 0.144 e. The molecule has 0 aliphatic carbocycles. The van der Waals surface area contributed by atoms with Crippen molar-refractivity contribution < 1.29 is 0 Å². The SMILES string of the molecule is C#CCCCNCc1cccnc1C#N. The van der Waals surface area contributed by atoms with Gasteiger partial charge in [-0.05, 0) is 19.0 Å². The third-order valence-electron chi connectivity index (χ3n) is 1.99. The van der Waals surface area contributed by atoms with Gasteiger partial charge >= 0.3 is 0 Å². The van der Waals surface area contributed by atoms with Crippen LogP contribution in [0.2, 0.25) is 0 Å². The Morgan fingerprint density at radius 3 is 3.13 bits per heavy atom. The van der Waals surface area contributed by atoms with Crippen LogP contribution in [0.25, 0.3) is 0 Å². The summed E-state index contributed by atoms with van der Waals surface area (Å²) < 4.78 is 0. The van der Waals surface area contributed by atoms with Crippen LogP contribution >= 0.6 is 0 Å². The maximum absolute atomic E-state index is 8.79. The zero-order valence-corrected chi connectivity index (χ0v) is 8.53. The van der Waals surface area contributed by atoms with Gasteiger partial charge in [0.25, 0.3) is 0 Å². The number of hydrogen-bond acceptors (Lipinski definition) is 3. The van der Waals surface area contributed by atoms with Crippen molar-refractivity contribution in [2.24, 2.45) is 0 Å². The molecule has 0 spiro atoms. The van der Waals surface area contributed by atoms with Crippen LogP contribution in [0.3, 0.4) is 0 Å². The smallest absolute Gasteiger partial charge is 0.144 e. The van der Waals surface area contributed by atoms with Crippen molar-refractivity contribution in [2.75, 3.05) is 6.54 Å². The number of rotatable bonds is 5. The summed E-state index contributed by atoms with van der Waals surface area (Å²) in [5.74, 6) is 2.58. The molecular formula is C12H13N3. The molecule has 1 aromatic heterocycles. The third-order valence-corrected chi connectivity index (χ3v) is 1.99. The second-order valence-corrected chi connectivity index (χ2v) is 3.11.